The zero-order valence-corrected chi connectivity index (χ0v) is 4.03. The molecule has 0 heterocycles. The lowest BCUT2D eigenvalue weighted by atomic mass is 11.8. The van der Waals surface area contributed by atoms with Crippen LogP contribution in [0.4, 0.5) is 0 Å². The van der Waals surface area contributed by atoms with E-state index in [9.17, 15) is 0 Å². The highest BCUT2D eigenvalue weighted by molar-refractivity contribution is 3.18. The number of aliphatic hydroxyl groups excluding tert-OH is 1. The lowest BCUT2D eigenvalue weighted by molar-refractivity contribution is -0.00000332. The van der Waals surface area contributed by atoms with Gasteiger partial charge in [0, 0.05) is 7.11 Å². The Morgan fingerprint density at radius 1 is 1.17 bits per heavy atom. The molecule has 0 spiro atoms. The van der Waals surface area contributed by atoms with Gasteiger partial charge in [-0.3, -0.25) is 0 Å². The van der Waals surface area contributed by atoms with E-state index in [-0.39, 0.29) is 31.5 Å². The van der Waals surface area contributed by atoms with Crippen molar-refractivity contribution in [1.82, 2.24) is 6.15 Å². The van der Waals surface area contributed by atoms with E-state index in [2.05, 4.69) is 0 Å². The van der Waals surface area contributed by atoms with Crippen molar-refractivity contribution >= 4 is 0 Å². The molecule has 6 heavy (non-hydrogen) atoms. The maximum absolute atomic E-state index is 7.00. The van der Waals surface area contributed by atoms with E-state index < -0.39 is 0 Å². The standard InChI is InChI=1S/CH4O.CH4.ClH.H3N.H2O/c1-2;;;;/h2H,1H3;1H4;1H;1H3;1H2/p-1. The molecule has 0 saturated carbocycles. The van der Waals surface area contributed by atoms with Gasteiger partial charge in [-0.2, -0.15) is 0 Å². The lowest BCUT2D eigenvalue weighted by Gasteiger charge is -1.21. The first-order valence-corrected chi connectivity index (χ1v) is 0.447. The van der Waals surface area contributed by atoms with E-state index in [1.807, 2.05) is 0 Å². The molecular weight excluding hydrogens is 105 g/mol. The highest BCUT2D eigenvalue weighted by Crippen LogP contribution is 0.755. The summed E-state index contributed by atoms with van der Waals surface area (Å²) in [5, 5.41) is 7.00. The third kappa shape index (κ3) is 1450. The highest BCUT2D eigenvalue weighted by Gasteiger charge is 0.839. The molecule has 0 aromatic rings. The predicted molar refractivity (Wildman–Crippen MR) is 22.8 cm³/mol. The molecule has 6 N–H and O–H groups in total. The van der Waals surface area contributed by atoms with Crippen LogP contribution in [0.15, 0.2) is 0 Å². The van der Waals surface area contributed by atoms with E-state index in [4.69, 9.17) is 5.11 Å². The molecule has 0 aromatic heterocycles. The van der Waals surface area contributed by atoms with Crippen LogP contribution in [0.25, 0.3) is 0 Å². The Bertz CT molecular complexity index is 11.5. The molecule has 0 aromatic carbocycles. The summed E-state index contributed by atoms with van der Waals surface area (Å²) in [5.41, 5.74) is 0. The fraction of sp³-hybridized carbons (Fsp3) is 1.00. The molecule has 0 fully saturated rings. The Hall–Kier alpha value is 0.170. The van der Waals surface area contributed by atoms with Crippen LogP contribution in [-0.2, 0) is 0 Å². The van der Waals surface area contributed by atoms with Crippen LogP contribution in [0.5, 0.6) is 0 Å². The first kappa shape index (κ1) is 120. The molecule has 0 radical (unpaired) electrons. The van der Waals surface area contributed by atoms with Crippen LogP contribution in [0.3, 0.4) is 0 Å². The van der Waals surface area contributed by atoms with Gasteiger partial charge in [-0.05, 0) is 0 Å². The number of quaternary nitrogens is 1. The Kier molecular flexibility index (Phi) is 62500. The van der Waals surface area contributed by atoms with Crippen LogP contribution in [0, 0.1) is 0 Å². The van der Waals surface area contributed by atoms with Gasteiger partial charge in [0.25, 0.3) is 0 Å². The van der Waals surface area contributed by atoms with Gasteiger partial charge in [-0.15, -0.1) is 0 Å². The second-order valence-corrected chi connectivity index (χ2v) is 0. The number of rotatable bonds is 0. The molecule has 0 bridgehead atoms. The monoisotopic (exact) mass is 118 g/mol. The summed E-state index contributed by atoms with van der Waals surface area (Å²) in [4.78, 5) is 0. The normalized spacial score (nSPS) is 1.00. The summed E-state index contributed by atoms with van der Waals surface area (Å²) in [5.74, 6) is 0. The van der Waals surface area contributed by atoms with Crippen LogP contribution in [0.1, 0.15) is 7.43 Å². The summed E-state index contributed by atoms with van der Waals surface area (Å²) in [6.07, 6.45) is 0. The topological polar surface area (TPSA) is 86.7 Å². The summed E-state index contributed by atoms with van der Waals surface area (Å²) in [6.45, 7) is 0. The average molecular weight is 119 g/mol. The largest absolute Gasteiger partial charge is 1.00 e. The van der Waals surface area contributed by atoms with E-state index >= 15 is 0 Å². The summed E-state index contributed by atoms with van der Waals surface area (Å²) in [7, 11) is 1.00. The van der Waals surface area contributed by atoms with Gasteiger partial charge in [0.2, 0.25) is 0 Å². The SMILES string of the molecule is C.CO.[Cl-].[NH4+].[OH-]. The number of hydrogen-bond donors (Lipinski definition) is 2. The molecule has 0 aliphatic heterocycles. The van der Waals surface area contributed by atoms with Gasteiger partial charge in [-0.25, -0.2) is 0 Å². The molecule has 4 heteroatoms. The Balaban J connectivity index is -0.000000000833. The van der Waals surface area contributed by atoms with Crippen LogP contribution in [-0.4, -0.2) is 17.7 Å². The van der Waals surface area contributed by atoms with Gasteiger partial charge >= 0.3 is 0 Å². The molecule has 0 amide bonds. The molecule has 46 valence electrons. The number of aliphatic hydroxyl groups is 1. The van der Waals surface area contributed by atoms with Crippen LogP contribution in [0.2, 0.25) is 0 Å². The maximum atomic E-state index is 7.00. The first-order valence-electron chi connectivity index (χ1n) is 0.447. The van der Waals surface area contributed by atoms with Crippen LogP contribution < -0.4 is 18.6 Å². The maximum Gasteiger partial charge on any atom is 0.0319 e. The van der Waals surface area contributed by atoms with Gasteiger partial charge in [0.05, 0.1) is 0 Å². The summed E-state index contributed by atoms with van der Waals surface area (Å²) < 4.78 is 0. The number of hydrogen-bond acceptors (Lipinski definition) is 2. The van der Waals surface area contributed by atoms with Gasteiger partial charge < -0.3 is 29.1 Å². The summed E-state index contributed by atoms with van der Waals surface area (Å²) >= 11 is 0. The smallest absolute Gasteiger partial charge is 0.0319 e. The molecule has 0 saturated heterocycles. The lowest BCUT2D eigenvalue weighted by Crippen LogP contribution is -3.00. The third-order valence-electron chi connectivity index (χ3n) is 0. The second kappa shape index (κ2) is 3110. The van der Waals surface area contributed by atoms with Crippen molar-refractivity contribution in [2.24, 2.45) is 0 Å². The van der Waals surface area contributed by atoms with Crippen molar-refractivity contribution in [2.75, 3.05) is 7.11 Å². The number of halogens is 1. The van der Waals surface area contributed by atoms with Crippen molar-refractivity contribution in [3.63, 3.8) is 0 Å². The van der Waals surface area contributed by atoms with E-state index in [1.165, 1.54) is 0 Å². The molecule has 0 atom stereocenters. The molecule has 0 aliphatic carbocycles. The van der Waals surface area contributed by atoms with Crippen molar-refractivity contribution < 1.29 is 23.0 Å². The molecule has 0 unspecified atom stereocenters. The molecular formula is C2H13ClNO2-. The molecule has 0 rings (SSSR count). The van der Waals surface area contributed by atoms with Crippen molar-refractivity contribution in [1.29, 1.82) is 0 Å². The predicted octanol–water partition coefficient (Wildman–Crippen LogP) is -2.55. The fourth-order valence-corrected chi connectivity index (χ4v) is 0. The van der Waals surface area contributed by atoms with E-state index in [0.717, 1.165) is 7.11 Å². The Morgan fingerprint density at radius 3 is 1.17 bits per heavy atom. The fourth-order valence-electron chi connectivity index (χ4n) is 0. The van der Waals surface area contributed by atoms with Crippen LogP contribution >= 0.6 is 0 Å². The van der Waals surface area contributed by atoms with E-state index in [1.54, 1.807) is 0 Å². The molecule has 0 aliphatic rings. The molecule has 3 nitrogen and oxygen atoms in total. The zero-order valence-electron chi connectivity index (χ0n) is 3.27. The quantitative estimate of drug-likeness (QED) is 0.367. The highest BCUT2D eigenvalue weighted by atomic mass is 35.5. The Morgan fingerprint density at radius 2 is 1.17 bits per heavy atom. The average Bonchev–Trinajstić information content (AvgIpc) is 1.00. The second-order valence-electron chi connectivity index (χ2n) is 0. The minimum absolute atomic E-state index is 0. The van der Waals surface area contributed by atoms with Crippen molar-refractivity contribution in [3.8, 4) is 0 Å². The van der Waals surface area contributed by atoms with E-state index in [0.29, 0.717) is 0 Å². The van der Waals surface area contributed by atoms with Crippen molar-refractivity contribution in [2.45, 2.75) is 7.43 Å². The first-order chi connectivity index (χ1) is 1.00. The minimum Gasteiger partial charge on any atom is -1.00 e. The Labute approximate surface area is 44.7 Å². The third-order valence-corrected chi connectivity index (χ3v) is 0. The van der Waals surface area contributed by atoms with Crippen molar-refractivity contribution in [3.05, 3.63) is 0 Å². The zero-order chi connectivity index (χ0) is 2.00. The van der Waals surface area contributed by atoms with Gasteiger partial charge in [-0.1, -0.05) is 7.43 Å². The summed E-state index contributed by atoms with van der Waals surface area (Å²) in [6, 6.07) is 0. The van der Waals surface area contributed by atoms with Gasteiger partial charge in [0.1, 0.15) is 0 Å². The minimum atomic E-state index is 0. The van der Waals surface area contributed by atoms with Gasteiger partial charge in [0.15, 0.2) is 0 Å².